The van der Waals surface area contributed by atoms with Gasteiger partial charge in [-0.15, -0.1) is 0 Å². The van der Waals surface area contributed by atoms with Crippen molar-refractivity contribution in [3.63, 3.8) is 0 Å². The normalized spacial score (nSPS) is 40.4. The molecule has 2 rings (SSSR count). The Bertz CT molecular complexity index is 394. The number of hydrogen-bond acceptors (Lipinski definition) is 3. The van der Waals surface area contributed by atoms with E-state index in [1.54, 1.807) is 7.05 Å². The third-order valence-corrected chi connectivity index (χ3v) is 4.87. The van der Waals surface area contributed by atoms with Gasteiger partial charge in [0.1, 0.15) is 0 Å². The fraction of sp³-hybridized carbons (Fsp3) is 0.846. The highest BCUT2D eigenvalue weighted by molar-refractivity contribution is 6.01. The summed E-state index contributed by atoms with van der Waals surface area (Å²) in [4.78, 5) is 27.1. The predicted molar refractivity (Wildman–Crippen MR) is 66.6 cm³/mol. The molecule has 1 saturated heterocycles. The molecule has 5 nitrogen and oxygen atoms in total. The van der Waals surface area contributed by atoms with Crippen LogP contribution in [0, 0.1) is 11.3 Å². The molecular weight excluding hydrogens is 232 g/mol. The van der Waals surface area contributed by atoms with E-state index in [1.165, 1.54) is 11.9 Å². The van der Waals surface area contributed by atoms with Crippen LogP contribution in [0.2, 0.25) is 0 Å². The average molecular weight is 254 g/mol. The summed E-state index contributed by atoms with van der Waals surface area (Å²) in [6.45, 7) is 3.92. The highest BCUT2D eigenvalue weighted by Gasteiger charge is 2.68. The van der Waals surface area contributed by atoms with Crippen LogP contribution in [0.15, 0.2) is 0 Å². The third kappa shape index (κ3) is 1.25. The molecule has 5 heteroatoms. The summed E-state index contributed by atoms with van der Waals surface area (Å²) in [7, 11) is 3.10. The Labute approximate surface area is 108 Å². The van der Waals surface area contributed by atoms with Gasteiger partial charge in [0.15, 0.2) is 5.72 Å². The van der Waals surface area contributed by atoms with E-state index in [-0.39, 0.29) is 11.8 Å². The largest absolute Gasteiger partial charge is 0.369 e. The van der Waals surface area contributed by atoms with Crippen LogP contribution in [-0.2, 0) is 4.79 Å². The zero-order chi connectivity index (χ0) is 13.7. The molecule has 3 atom stereocenters. The van der Waals surface area contributed by atoms with E-state index in [4.69, 9.17) is 0 Å². The number of carbonyl (C=O) groups excluding carboxylic acids is 2. The lowest BCUT2D eigenvalue weighted by Gasteiger charge is -2.53. The van der Waals surface area contributed by atoms with Crippen LogP contribution in [0.3, 0.4) is 0 Å². The van der Waals surface area contributed by atoms with Crippen LogP contribution < -0.4 is 0 Å². The summed E-state index contributed by atoms with van der Waals surface area (Å²) in [5, 5.41) is 11.0. The fourth-order valence-electron chi connectivity index (χ4n) is 3.86. The van der Waals surface area contributed by atoms with Crippen LogP contribution in [0.1, 0.15) is 39.5 Å². The van der Waals surface area contributed by atoms with Crippen molar-refractivity contribution in [2.24, 2.45) is 11.3 Å². The number of aliphatic hydroxyl groups is 1. The SMILES string of the molecule is CCC[C@]12CC[C@@H](C)[C@@]1(O)N(C)C(=O)N(C)C2=O. The molecule has 0 aromatic carbocycles. The van der Waals surface area contributed by atoms with Crippen molar-refractivity contribution in [1.82, 2.24) is 9.80 Å². The Balaban J connectivity index is 2.57. The average Bonchev–Trinajstić information content (AvgIpc) is 2.61. The van der Waals surface area contributed by atoms with Crippen molar-refractivity contribution >= 4 is 11.9 Å². The monoisotopic (exact) mass is 254 g/mol. The summed E-state index contributed by atoms with van der Waals surface area (Å²) < 4.78 is 0. The molecule has 102 valence electrons. The van der Waals surface area contributed by atoms with E-state index < -0.39 is 17.2 Å². The highest BCUT2D eigenvalue weighted by Crippen LogP contribution is 2.56. The molecule has 2 aliphatic rings. The minimum Gasteiger partial charge on any atom is -0.369 e. The molecule has 0 spiro atoms. The van der Waals surface area contributed by atoms with E-state index in [0.29, 0.717) is 12.8 Å². The van der Waals surface area contributed by atoms with Gasteiger partial charge in [0.25, 0.3) is 0 Å². The number of rotatable bonds is 2. The molecular formula is C13H22N2O3. The van der Waals surface area contributed by atoms with Crippen molar-refractivity contribution in [2.45, 2.75) is 45.3 Å². The number of urea groups is 1. The maximum absolute atomic E-state index is 12.5. The van der Waals surface area contributed by atoms with Crippen LogP contribution >= 0.6 is 0 Å². The smallest absolute Gasteiger partial charge is 0.328 e. The van der Waals surface area contributed by atoms with Gasteiger partial charge in [0, 0.05) is 20.0 Å². The van der Waals surface area contributed by atoms with Gasteiger partial charge in [-0.3, -0.25) is 14.6 Å². The maximum Gasteiger partial charge on any atom is 0.328 e. The van der Waals surface area contributed by atoms with Crippen molar-refractivity contribution in [2.75, 3.05) is 14.1 Å². The van der Waals surface area contributed by atoms with E-state index in [9.17, 15) is 14.7 Å². The van der Waals surface area contributed by atoms with Crippen LogP contribution in [-0.4, -0.2) is 46.7 Å². The lowest BCUT2D eigenvalue weighted by molar-refractivity contribution is -0.205. The van der Waals surface area contributed by atoms with E-state index >= 15 is 0 Å². The lowest BCUT2D eigenvalue weighted by Crippen LogP contribution is -2.72. The minimum atomic E-state index is -1.33. The topological polar surface area (TPSA) is 60.9 Å². The number of imide groups is 1. The van der Waals surface area contributed by atoms with Crippen molar-refractivity contribution < 1.29 is 14.7 Å². The molecule has 1 saturated carbocycles. The summed E-state index contributed by atoms with van der Waals surface area (Å²) in [5.41, 5.74) is -2.15. The fourth-order valence-corrected chi connectivity index (χ4v) is 3.86. The Morgan fingerprint density at radius 2 is 2.00 bits per heavy atom. The molecule has 0 unspecified atom stereocenters. The standard InChI is InChI=1S/C13H22N2O3/c1-5-7-12-8-6-9(2)13(12,18)15(4)11(17)14(3)10(12)16/h9,18H,5-8H2,1-4H3/t9-,12-,13+/m1/s1. The van der Waals surface area contributed by atoms with Gasteiger partial charge in [-0.25, -0.2) is 4.79 Å². The summed E-state index contributed by atoms with van der Waals surface area (Å²) >= 11 is 0. The summed E-state index contributed by atoms with van der Waals surface area (Å²) in [5.74, 6) is -0.296. The van der Waals surface area contributed by atoms with Crippen LogP contribution in [0.5, 0.6) is 0 Å². The van der Waals surface area contributed by atoms with Gasteiger partial charge in [-0.1, -0.05) is 20.3 Å². The number of hydrogen-bond donors (Lipinski definition) is 1. The maximum atomic E-state index is 12.5. The van der Waals surface area contributed by atoms with E-state index in [2.05, 4.69) is 0 Å². The molecule has 3 amide bonds. The van der Waals surface area contributed by atoms with Crippen LogP contribution in [0.25, 0.3) is 0 Å². The predicted octanol–water partition coefficient (Wildman–Crippen LogP) is 1.42. The Morgan fingerprint density at radius 3 is 2.56 bits per heavy atom. The first kappa shape index (κ1) is 13.3. The number of amides is 3. The molecule has 1 aliphatic heterocycles. The Kier molecular flexibility index (Phi) is 2.93. The third-order valence-electron chi connectivity index (χ3n) is 4.87. The van der Waals surface area contributed by atoms with E-state index in [0.717, 1.165) is 17.7 Å². The molecule has 0 bridgehead atoms. The lowest BCUT2D eigenvalue weighted by atomic mass is 9.71. The van der Waals surface area contributed by atoms with Gasteiger partial charge in [-0.05, 0) is 19.3 Å². The quantitative estimate of drug-likeness (QED) is 0.810. The first-order chi connectivity index (χ1) is 8.33. The first-order valence-electron chi connectivity index (χ1n) is 6.61. The molecule has 2 fully saturated rings. The second kappa shape index (κ2) is 3.95. The molecule has 0 aromatic rings. The van der Waals surface area contributed by atoms with E-state index in [1.807, 2.05) is 13.8 Å². The Morgan fingerprint density at radius 1 is 1.39 bits per heavy atom. The van der Waals surface area contributed by atoms with Gasteiger partial charge in [0.2, 0.25) is 5.91 Å². The van der Waals surface area contributed by atoms with Crippen molar-refractivity contribution in [1.29, 1.82) is 0 Å². The second-order valence-electron chi connectivity index (χ2n) is 5.70. The molecule has 18 heavy (non-hydrogen) atoms. The molecule has 1 N–H and O–H groups in total. The summed E-state index contributed by atoms with van der Waals surface area (Å²) in [6, 6.07) is -0.414. The number of fused-ring (bicyclic) bond motifs is 1. The molecule has 0 radical (unpaired) electrons. The van der Waals surface area contributed by atoms with Gasteiger partial charge >= 0.3 is 6.03 Å². The first-order valence-corrected chi connectivity index (χ1v) is 6.61. The highest BCUT2D eigenvalue weighted by atomic mass is 16.3. The number of nitrogens with zero attached hydrogens (tertiary/aromatic N) is 2. The molecule has 1 heterocycles. The second-order valence-corrected chi connectivity index (χ2v) is 5.70. The van der Waals surface area contributed by atoms with Crippen molar-refractivity contribution in [3.05, 3.63) is 0 Å². The minimum absolute atomic E-state index is 0.0735. The zero-order valence-corrected chi connectivity index (χ0v) is 11.6. The van der Waals surface area contributed by atoms with Gasteiger partial charge in [-0.2, -0.15) is 0 Å². The zero-order valence-electron chi connectivity index (χ0n) is 11.6. The van der Waals surface area contributed by atoms with Gasteiger partial charge in [0.05, 0.1) is 5.41 Å². The van der Waals surface area contributed by atoms with Crippen molar-refractivity contribution in [3.8, 4) is 0 Å². The van der Waals surface area contributed by atoms with Gasteiger partial charge < -0.3 is 5.11 Å². The molecule has 1 aliphatic carbocycles. The number of carbonyl (C=O) groups is 2. The van der Waals surface area contributed by atoms with Crippen LogP contribution in [0.4, 0.5) is 4.79 Å². The molecule has 0 aromatic heterocycles. The summed E-state index contributed by atoms with van der Waals surface area (Å²) in [6.07, 6.45) is 2.86. The Hall–Kier alpha value is -1.10.